The summed E-state index contributed by atoms with van der Waals surface area (Å²) in [4.78, 5) is 13.9. The van der Waals surface area contributed by atoms with Crippen molar-refractivity contribution in [3.63, 3.8) is 0 Å². The first kappa shape index (κ1) is 16.2. The van der Waals surface area contributed by atoms with Crippen molar-refractivity contribution in [1.29, 1.82) is 0 Å². The van der Waals surface area contributed by atoms with Crippen LogP contribution in [0.15, 0.2) is 30.3 Å². The van der Waals surface area contributed by atoms with Crippen LogP contribution in [0, 0.1) is 5.92 Å². The van der Waals surface area contributed by atoms with E-state index in [1.165, 1.54) is 0 Å². The maximum atomic E-state index is 12.2. The fourth-order valence-corrected chi connectivity index (χ4v) is 3.59. The van der Waals surface area contributed by atoms with Gasteiger partial charge >= 0.3 is 0 Å². The molecule has 1 N–H and O–H groups in total. The van der Waals surface area contributed by atoms with Gasteiger partial charge in [0.1, 0.15) is 0 Å². The molecule has 1 saturated carbocycles. The minimum Gasteiger partial charge on any atom is -0.381 e. The van der Waals surface area contributed by atoms with Crippen molar-refractivity contribution < 1.29 is 9.53 Å². The van der Waals surface area contributed by atoms with Gasteiger partial charge in [-0.2, -0.15) is 4.80 Å². The maximum Gasteiger partial charge on any atom is 0.225 e. The molecule has 2 fully saturated rings. The maximum absolute atomic E-state index is 12.2. The zero-order valence-electron chi connectivity index (χ0n) is 14.2. The van der Waals surface area contributed by atoms with E-state index in [-0.39, 0.29) is 23.9 Å². The van der Waals surface area contributed by atoms with Gasteiger partial charge < -0.3 is 10.1 Å². The summed E-state index contributed by atoms with van der Waals surface area (Å²) in [6.07, 6.45) is 4.65. The van der Waals surface area contributed by atoms with Crippen LogP contribution >= 0.6 is 0 Å². The van der Waals surface area contributed by atoms with Gasteiger partial charge in [-0.05, 0) is 37.3 Å². The summed E-state index contributed by atoms with van der Waals surface area (Å²) in [6, 6.07) is 10.4. The molecule has 2 heterocycles. The molecule has 1 atom stereocenters. The highest BCUT2D eigenvalue weighted by Gasteiger charge is 2.29. The van der Waals surface area contributed by atoms with E-state index < -0.39 is 0 Å². The van der Waals surface area contributed by atoms with Crippen molar-refractivity contribution in [2.75, 3.05) is 13.2 Å². The molecule has 25 heavy (non-hydrogen) atoms. The normalized spacial score (nSPS) is 26.5. The van der Waals surface area contributed by atoms with E-state index in [4.69, 9.17) is 4.74 Å². The van der Waals surface area contributed by atoms with Crippen LogP contribution < -0.4 is 5.32 Å². The monoisotopic (exact) mass is 341 g/mol. The number of aromatic nitrogens is 4. The van der Waals surface area contributed by atoms with Crippen LogP contribution in [0.2, 0.25) is 0 Å². The molecule has 7 heteroatoms. The van der Waals surface area contributed by atoms with Gasteiger partial charge in [-0.3, -0.25) is 4.79 Å². The number of tetrazole rings is 1. The Balaban J connectivity index is 1.31. The van der Waals surface area contributed by atoms with Crippen molar-refractivity contribution in [1.82, 2.24) is 25.5 Å². The largest absolute Gasteiger partial charge is 0.381 e. The molecule has 1 saturated heterocycles. The van der Waals surface area contributed by atoms with Gasteiger partial charge in [-0.1, -0.05) is 30.3 Å². The van der Waals surface area contributed by atoms with E-state index in [2.05, 4.69) is 20.7 Å². The molecular formula is C18H23N5O2. The van der Waals surface area contributed by atoms with Gasteiger partial charge in [0.05, 0.1) is 18.6 Å². The number of rotatable bonds is 4. The molecule has 0 spiro atoms. The van der Waals surface area contributed by atoms with Crippen LogP contribution in [0.4, 0.5) is 0 Å². The summed E-state index contributed by atoms with van der Waals surface area (Å²) in [6.45, 7) is 1.26. The summed E-state index contributed by atoms with van der Waals surface area (Å²) in [5.74, 6) is 0.839. The molecule has 7 nitrogen and oxygen atoms in total. The first-order valence-electron chi connectivity index (χ1n) is 9.02. The lowest BCUT2D eigenvalue weighted by molar-refractivity contribution is -0.125. The number of carbonyl (C=O) groups is 1. The molecule has 1 aliphatic heterocycles. The van der Waals surface area contributed by atoms with Crippen molar-refractivity contribution in [2.24, 2.45) is 5.92 Å². The third-order valence-corrected chi connectivity index (χ3v) is 5.13. The first-order valence-corrected chi connectivity index (χ1v) is 9.02. The third kappa shape index (κ3) is 3.71. The average Bonchev–Trinajstić information content (AvgIpc) is 3.35. The van der Waals surface area contributed by atoms with Crippen molar-refractivity contribution >= 4 is 5.91 Å². The quantitative estimate of drug-likeness (QED) is 0.919. The lowest BCUT2D eigenvalue weighted by Gasteiger charge is -2.28. The highest BCUT2D eigenvalue weighted by molar-refractivity contribution is 5.79. The molecule has 4 rings (SSSR count). The lowest BCUT2D eigenvalue weighted by atomic mass is 9.91. The van der Waals surface area contributed by atoms with Crippen LogP contribution in [0.3, 0.4) is 0 Å². The minimum absolute atomic E-state index is 0.0307. The van der Waals surface area contributed by atoms with Crippen molar-refractivity contribution in [2.45, 2.75) is 44.2 Å². The fraction of sp³-hybridized carbons (Fsp3) is 0.556. The Morgan fingerprint density at radius 2 is 1.92 bits per heavy atom. The number of carbonyl (C=O) groups excluding carboxylic acids is 1. The summed E-state index contributed by atoms with van der Waals surface area (Å²) in [5, 5.41) is 16.1. The number of nitrogens with one attached hydrogen (secondary N) is 1. The first-order chi connectivity index (χ1) is 12.3. The molecular weight excluding hydrogens is 318 g/mol. The van der Waals surface area contributed by atoms with Crippen LogP contribution in [-0.4, -0.2) is 45.4 Å². The Morgan fingerprint density at radius 1 is 1.12 bits per heavy atom. The predicted molar refractivity (Wildman–Crippen MR) is 91.6 cm³/mol. The summed E-state index contributed by atoms with van der Waals surface area (Å²) in [7, 11) is 0. The van der Waals surface area contributed by atoms with Crippen molar-refractivity contribution in [3.8, 4) is 11.4 Å². The minimum atomic E-state index is 0.0307. The molecule has 1 aliphatic carbocycles. The third-order valence-electron chi connectivity index (χ3n) is 5.13. The van der Waals surface area contributed by atoms with E-state index in [1.54, 1.807) is 4.80 Å². The zero-order chi connectivity index (χ0) is 17.1. The molecule has 1 unspecified atom stereocenters. The van der Waals surface area contributed by atoms with Gasteiger partial charge in [-0.15, -0.1) is 10.2 Å². The Morgan fingerprint density at radius 3 is 2.64 bits per heavy atom. The predicted octanol–water partition coefficient (Wildman–Crippen LogP) is 1.98. The molecule has 2 aliphatic rings. The Hall–Kier alpha value is -2.28. The van der Waals surface area contributed by atoms with E-state index in [0.29, 0.717) is 19.0 Å². The topological polar surface area (TPSA) is 81.9 Å². The average molecular weight is 341 g/mol. The van der Waals surface area contributed by atoms with Gasteiger partial charge in [0.15, 0.2) is 0 Å². The van der Waals surface area contributed by atoms with Crippen LogP contribution in [0.1, 0.15) is 38.1 Å². The Kier molecular flexibility index (Phi) is 4.74. The number of benzene rings is 1. The fourth-order valence-electron chi connectivity index (χ4n) is 3.59. The van der Waals surface area contributed by atoms with Crippen LogP contribution in [0.25, 0.3) is 11.4 Å². The molecule has 1 amide bonds. The number of ether oxygens (including phenoxy) is 1. The standard InChI is InChI=1S/C18H23N5O2/c24-18(14-10-11-25-12-14)19-15-6-8-16(9-7-15)23-21-17(20-22-23)13-4-2-1-3-5-13/h1-5,14-16H,6-12H2,(H,19,24). The number of nitrogens with zero attached hydrogens (tertiary/aromatic N) is 4. The van der Waals surface area contributed by atoms with E-state index in [0.717, 1.165) is 37.7 Å². The smallest absolute Gasteiger partial charge is 0.225 e. The summed E-state index contributed by atoms with van der Waals surface area (Å²) < 4.78 is 5.29. The summed E-state index contributed by atoms with van der Waals surface area (Å²) >= 11 is 0. The number of hydrogen-bond acceptors (Lipinski definition) is 5. The zero-order valence-corrected chi connectivity index (χ0v) is 14.2. The lowest BCUT2D eigenvalue weighted by Crippen LogP contribution is -2.41. The van der Waals surface area contributed by atoms with Gasteiger partial charge in [0.25, 0.3) is 0 Å². The SMILES string of the molecule is O=C(NC1CCC(n2nnc(-c3ccccc3)n2)CC1)C1CCOC1. The molecule has 0 bridgehead atoms. The molecule has 1 aromatic carbocycles. The van der Waals surface area contributed by atoms with Gasteiger partial charge in [0, 0.05) is 18.2 Å². The van der Waals surface area contributed by atoms with E-state index >= 15 is 0 Å². The Bertz CT molecular complexity index is 703. The van der Waals surface area contributed by atoms with Crippen LogP contribution in [0.5, 0.6) is 0 Å². The van der Waals surface area contributed by atoms with Gasteiger partial charge in [0.2, 0.25) is 11.7 Å². The number of hydrogen-bond donors (Lipinski definition) is 1. The van der Waals surface area contributed by atoms with E-state index in [1.807, 2.05) is 30.3 Å². The molecule has 1 aromatic heterocycles. The Labute approximate surface area is 146 Å². The van der Waals surface area contributed by atoms with Crippen LogP contribution in [-0.2, 0) is 9.53 Å². The second-order valence-electron chi connectivity index (χ2n) is 6.87. The second kappa shape index (κ2) is 7.31. The second-order valence-corrected chi connectivity index (χ2v) is 6.87. The molecule has 0 radical (unpaired) electrons. The van der Waals surface area contributed by atoms with Gasteiger partial charge in [-0.25, -0.2) is 0 Å². The highest BCUT2D eigenvalue weighted by atomic mass is 16.5. The number of amides is 1. The van der Waals surface area contributed by atoms with Crippen molar-refractivity contribution in [3.05, 3.63) is 30.3 Å². The summed E-state index contributed by atoms with van der Waals surface area (Å²) in [5.41, 5.74) is 0.980. The molecule has 132 valence electrons. The van der Waals surface area contributed by atoms with E-state index in [9.17, 15) is 4.79 Å². The molecule has 2 aromatic rings. The highest BCUT2D eigenvalue weighted by Crippen LogP contribution is 2.28.